The first kappa shape index (κ1) is 14.8. The predicted molar refractivity (Wildman–Crippen MR) is 96.8 cm³/mol. The molecule has 4 nitrogen and oxygen atoms in total. The molecule has 3 heterocycles. The first-order chi connectivity index (χ1) is 11.6. The van der Waals surface area contributed by atoms with Crippen molar-refractivity contribution in [3.63, 3.8) is 0 Å². The summed E-state index contributed by atoms with van der Waals surface area (Å²) in [4.78, 5) is 8.71. The van der Waals surface area contributed by atoms with Crippen LogP contribution in [0.2, 0.25) is 0 Å². The van der Waals surface area contributed by atoms with Crippen LogP contribution in [0.1, 0.15) is 12.6 Å². The number of pyridine rings is 2. The third-order valence-corrected chi connectivity index (χ3v) is 4.47. The highest BCUT2D eigenvalue weighted by Gasteiger charge is 2.09. The third kappa shape index (κ3) is 2.45. The van der Waals surface area contributed by atoms with Gasteiger partial charge < -0.3 is 9.67 Å². The molecule has 1 aromatic carbocycles. The lowest BCUT2D eigenvalue weighted by atomic mass is 10.0. The molecule has 0 aliphatic rings. The molecule has 24 heavy (non-hydrogen) atoms. The molecule has 1 atom stereocenters. The second-order valence-electron chi connectivity index (χ2n) is 6.28. The number of aromatic nitrogens is 3. The van der Waals surface area contributed by atoms with Crippen LogP contribution in [0.15, 0.2) is 55.0 Å². The fourth-order valence-electron chi connectivity index (χ4n) is 3.25. The SMILES string of the molecule is CC(O)Cc1ccc(-c2ccc3c4cnccc4n(C)c3c2)cn1. The Morgan fingerprint density at radius 1 is 1.00 bits per heavy atom. The summed E-state index contributed by atoms with van der Waals surface area (Å²) < 4.78 is 2.20. The lowest BCUT2D eigenvalue weighted by molar-refractivity contribution is 0.194. The van der Waals surface area contributed by atoms with Gasteiger partial charge in [-0.1, -0.05) is 18.2 Å². The van der Waals surface area contributed by atoms with Crippen LogP contribution in [0.25, 0.3) is 32.9 Å². The van der Waals surface area contributed by atoms with Gasteiger partial charge in [0.25, 0.3) is 0 Å². The van der Waals surface area contributed by atoms with E-state index in [9.17, 15) is 5.11 Å². The van der Waals surface area contributed by atoms with Crippen molar-refractivity contribution in [3.8, 4) is 11.1 Å². The molecule has 0 bridgehead atoms. The van der Waals surface area contributed by atoms with Gasteiger partial charge in [0, 0.05) is 59.6 Å². The fraction of sp³-hybridized carbons (Fsp3) is 0.200. The van der Waals surface area contributed by atoms with Crippen molar-refractivity contribution in [2.24, 2.45) is 7.05 Å². The van der Waals surface area contributed by atoms with Crippen LogP contribution in [0.4, 0.5) is 0 Å². The van der Waals surface area contributed by atoms with E-state index in [-0.39, 0.29) is 6.10 Å². The highest BCUT2D eigenvalue weighted by molar-refractivity contribution is 6.08. The molecule has 0 saturated heterocycles. The standard InChI is InChI=1S/C20H19N3O/c1-13(24)9-16-5-3-15(11-22-16)14-4-6-17-18-12-21-8-7-19(18)23(2)20(17)10-14/h3-8,10-13,24H,9H2,1-2H3. The van der Waals surface area contributed by atoms with Gasteiger partial charge in [-0.3, -0.25) is 9.97 Å². The van der Waals surface area contributed by atoms with E-state index in [0.717, 1.165) is 16.8 Å². The molecular weight excluding hydrogens is 298 g/mol. The van der Waals surface area contributed by atoms with Crippen LogP contribution in [-0.4, -0.2) is 25.7 Å². The van der Waals surface area contributed by atoms with Crippen molar-refractivity contribution >= 4 is 21.8 Å². The molecule has 0 spiro atoms. The van der Waals surface area contributed by atoms with Crippen LogP contribution in [0.3, 0.4) is 0 Å². The molecule has 4 rings (SSSR count). The first-order valence-electron chi connectivity index (χ1n) is 8.09. The number of fused-ring (bicyclic) bond motifs is 3. The Morgan fingerprint density at radius 3 is 2.58 bits per heavy atom. The molecule has 4 heteroatoms. The molecule has 0 aliphatic heterocycles. The maximum Gasteiger partial charge on any atom is 0.0567 e. The molecule has 0 fully saturated rings. The van der Waals surface area contributed by atoms with Crippen LogP contribution in [0.5, 0.6) is 0 Å². The number of hydrogen-bond donors (Lipinski definition) is 1. The normalized spacial score (nSPS) is 12.8. The van der Waals surface area contributed by atoms with E-state index in [1.807, 2.05) is 30.7 Å². The van der Waals surface area contributed by atoms with Gasteiger partial charge in [-0.2, -0.15) is 0 Å². The summed E-state index contributed by atoms with van der Waals surface area (Å²) in [5, 5.41) is 11.8. The maximum atomic E-state index is 9.46. The minimum atomic E-state index is -0.371. The number of hydrogen-bond acceptors (Lipinski definition) is 3. The van der Waals surface area contributed by atoms with Crippen molar-refractivity contribution < 1.29 is 5.11 Å². The summed E-state index contributed by atoms with van der Waals surface area (Å²) in [6, 6.07) is 12.6. The van der Waals surface area contributed by atoms with E-state index in [0.29, 0.717) is 6.42 Å². The summed E-state index contributed by atoms with van der Waals surface area (Å²) in [6.45, 7) is 1.78. The summed E-state index contributed by atoms with van der Waals surface area (Å²) in [5.74, 6) is 0. The Labute approximate surface area is 140 Å². The van der Waals surface area contributed by atoms with E-state index < -0.39 is 0 Å². The Bertz CT molecular complexity index is 1020. The maximum absolute atomic E-state index is 9.46. The fourth-order valence-corrected chi connectivity index (χ4v) is 3.25. The molecule has 120 valence electrons. The number of rotatable bonds is 3. The van der Waals surface area contributed by atoms with Crippen molar-refractivity contribution in [2.75, 3.05) is 0 Å². The highest BCUT2D eigenvalue weighted by Crippen LogP contribution is 2.31. The largest absolute Gasteiger partial charge is 0.393 e. The second kappa shape index (κ2) is 5.73. The number of aliphatic hydroxyl groups excluding tert-OH is 1. The van der Waals surface area contributed by atoms with E-state index in [4.69, 9.17) is 0 Å². The van der Waals surface area contributed by atoms with Crippen molar-refractivity contribution in [1.82, 2.24) is 14.5 Å². The Morgan fingerprint density at radius 2 is 1.83 bits per heavy atom. The van der Waals surface area contributed by atoms with Crippen LogP contribution >= 0.6 is 0 Å². The van der Waals surface area contributed by atoms with Crippen molar-refractivity contribution in [3.05, 3.63) is 60.7 Å². The number of nitrogens with zero attached hydrogens (tertiary/aromatic N) is 3. The zero-order chi connectivity index (χ0) is 16.7. The van der Waals surface area contributed by atoms with Gasteiger partial charge in [-0.05, 0) is 30.7 Å². The molecule has 0 aliphatic carbocycles. The number of aliphatic hydroxyl groups is 1. The summed E-state index contributed by atoms with van der Waals surface area (Å²) in [6.07, 6.45) is 5.83. The minimum absolute atomic E-state index is 0.371. The average Bonchev–Trinajstić information content (AvgIpc) is 2.88. The highest BCUT2D eigenvalue weighted by atomic mass is 16.3. The summed E-state index contributed by atoms with van der Waals surface area (Å²) in [5.41, 5.74) is 5.49. The van der Waals surface area contributed by atoms with Gasteiger partial charge in [-0.25, -0.2) is 0 Å². The molecule has 0 amide bonds. The second-order valence-corrected chi connectivity index (χ2v) is 6.28. The zero-order valence-corrected chi connectivity index (χ0v) is 13.8. The number of benzene rings is 1. The van der Waals surface area contributed by atoms with Crippen LogP contribution < -0.4 is 0 Å². The zero-order valence-electron chi connectivity index (χ0n) is 13.8. The molecule has 0 radical (unpaired) electrons. The average molecular weight is 317 g/mol. The third-order valence-electron chi connectivity index (χ3n) is 4.47. The topological polar surface area (TPSA) is 50.9 Å². The van der Waals surface area contributed by atoms with E-state index in [2.05, 4.69) is 45.8 Å². The molecule has 3 aromatic heterocycles. The monoisotopic (exact) mass is 317 g/mol. The van der Waals surface area contributed by atoms with Gasteiger partial charge in [0.15, 0.2) is 0 Å². The van der Waals surface area contributed by atoms with Gasteiger partial charge >= 0.3 is 0 Å². The Hall–Kier alpha value is -2.72. The van der Waals surface area contributed by atoms with E-state index in [1.54, 1.807) is 6.92 Å². The summed E-state index contributed by atoms with van der Waals surface area (Å²) >= 11 is 0. The lowest BCUT2D eigenvalue weighted by Crippen LogP contribution is -2.05. The van der Waals surface area contributed by atoms with Crippen LogP contribution in [0, 0.1) is 0 Å². The first-order valence-corrected chi connectivity index (χ1v) is 8.09. The van der Waals surface area contributed by atoms with Gasteiger partial charge in [0.05, 0.1) is 11.6 Å². The Kier molecular flexibility index (Phi) is 3.54. The van der Waals surface area contributed by atoms with E-state index in [1.165, 1.54) is 21.8 Å². The quantitative estimate of drug-likeness (QED) is 0.626. The van der Waals surface area contributed by atoms with Crippen LogP contribution in [-0.2, 0) is 13.5 Å². The minimum Gasteiger partial charge on any atom is -0.393 e. The molecule has 0 saturated carbocycles. The Balaban J connectivity index is 1.80. The summed E-state index contributed by atoms with van der Waals surface area (Å²) in [7, 11) is 2.08. The molecule has 4 aromatic rings. The van der Waals surface area contributed by atoms with Crippen molar-refractivity contribution in [2.45, 2.75) is 19.4 Å². The molecule has 1 N–H and O–H groups in total. The smallest absolute Gasteiger partial charge is 0.0567 e. The van der Waals surface area contributed by atoms with Gasteiger partial charge in [-0.15, -0.1) is 0 Å². The molecular formula is C20H19N3O. The van der Waals surface area contributed by atoms with E-state index >= 15 is 0 Å². The van der Waals surface area contributed by atoms with Gasteiger partial charge in [0.2, 0.25) is 0 Å². The van der Waals surface area contributed by atoms with Gasteiger partial charge in [0.1, 0.15) is 0 Å². The number of aryl methyl sites for hydroxylation is 1. The molecule has 1 unspecified atom stereocenters. The van der Waals surface area contributed by atoms with Crippen molar-refractivity contribution in [1.29, 1.82) is 0 Å². The predicted octanol–water partition coefficient (Wildman–Crippen LogP) is 3.71. The lowest BCUT2D eigenvalue weighted by Gasteiger charge is -2.06.